The Hall–Kier alpha value is -1.20. The van der Waals surface area contributed by atoms with E-state index in [2.05, 4.69) is 17.4 Å². The van der Waals surface area contributed by atoms with Crippen LogP contribution in [0.4, 0.5) is 0 Å². The molecule has 0 amide bonds. The van der Waals surface area contributed by atoms with E-state index in [1.54, 1.807) is 11.3 Å². The normalized spacial score (nSPS) is 26.9. The molecule has 3 rings (SSSR count). The molecule has 1 fully saturated rings. The lowest BCUT2D eigenvalue weighted by Gasteiger charge is -2.35. The predicted molar refractivity (Wildman–Crippen MR) is 82.6 cm³/mol. The van der Waals surface area contributed by atoms with Gasteiger partial charge in [-0.3, -0.25) is 4.68 Å². The van der Waals surface area contributed by atoms with Gasteiger partial charge in [-0.2, -0.15) is 5.10 Å². The molecule has 0 spiro atoms. The molecule has 4 nitrogen and oxygen atoms in total. The lowest BCUT2D eigenvalue weighted by atomic mass is 9.77. The minimum absolute atomic E-state index is 0.225. The largest absolute Gasteiger partial charge is 0.319 e. The van der Waals surface area contributed by atoms with Crippen molar-refractivity contribution in [2.24, 2.45) is 18.7 Å². The monoisotopic (exact) mass is 290 g/mol. The maximum Gasteiger partial charge on any atom is 0.113 e. The van der Waals surface area contributed by atoms with E-state index in [0.717, 1.165) is 34.8 Å². The first-order valence-electron chi connectivity index (χ1n) is 7.23. The van der Waals surface area contributed by atoms with Crippen LogP contribution in [0, 0.1) is 12.8 Å². The highest BCUT2D eigenvalue weighted by atomic mass is 32.1. The van der Waals surface area contributed by atoms with E-state index in [4.69, 9.17) is 10.7 Å². The van der Waals surface area contributed by atoms with Gasteiger partial charge in [0.25, 0.3) is 0 Å². The second kappa shape index (κ2) is 4.97. The number of rotatable bonds is 2. The first kappa shape index (κ1) is 13.8. The van der Waals surface area contributed by atoms with Crippen molar-refractivity contribution in [2.45, 2.75) is 45.1 Å². The molecule has 2 aromatic rings. The molecule has 0 radical (unpaired) electrons. The third-order valence-corrected chi connectivity index (χ3v) is 5.31. The summed E-state index contributed by atoms with van der Waals surface area (Å²) in [5.74, 6) is 0.696. The van der Waals surface area contributed by atoms with Gasteiger partial charge in [-0.05, 0) is 25.7 Å². The smallest absolute Gasteiger partial charge is 0.113 e. The third kappa shape index (κ3) is 2.40. The van der Waals surface area contributed by atoms with Gasteiger partial charge >= 0.3 is 0 Å². The molecule has 2 atom stereocenters. The fourth-order valence-electron chi connectivity index (χ4n) is 3.26. The van der Waals surface area contributed by atoms with E-state index in [1.165, 1.54) is 12.8 Å². The van der Waals surface area contributed by atoms with E-state index in [0.29, 0.717) is 5.92 Å². The second-order valence-electron chi connectivity index (χ2n) is 6.20. The summed E-state index contributed by atoms with van der Waals surface area (Å²) in [7, 11) is 1.94. The minimum Gasteiger partial charge on any atom is -0.319 e. The number of nitrogens with zero attached hydrogens (tertiary/aromatic N) is 3. The Bertz CT molecular complexity index is 615. The molecule has 5 heteroatoms. The zero-order valence-electron chi connectivity index (χ0n) is 12.4. The first-order chi connectivity index (χ1) is 9.48. The molecule has 0 bridgehead atoms. The van der Waals surface area contributed by atoms with Crippen molar-refractivity contribution in [3.8, 4) is 11.3 Å². The highest BCUT2D eigenvalue weighted by Gasteiger charge is 2.35. The van der Waals surface area contributed by atoms with Gasteiger partial charge in [0.2, 0.25) is 0 Å². The van der Waals surface area contributed by atoms with Gasteiger partial charge in [-0.15, -0.1) is 11.3 Å². The Balaban J connectivity index is 1.92. The van der Waals surface area contributed by atoms with Crippen LogP contribution in [-0.4, -0.2) is 14.8 Å². The third-order valence-electron chi connectivity index (χ3n) is 4.25. The summed E-state index contributed by atoms with van der Waals surface area (Å²) in [5.41, 5.74) is 9.55. The predicted octanol–water partition coefficient (Wildman–Crippen LogP) is 3.22. The summed E-state index contributed by atoms with van der Waals surface area (Å²) in [6.45, 7) is 4.32. The van der Waals surface area contributed by atoms with Crippen LogP contribution >= 0.6 is 11.3 Å². The lowest BCUT2D eigenvalue weighted by molar-refractivity contribution is 0.238. The second-order valence-corrected chi connectivity index (χ2v) is 7.06. The van der Waals surface area contributed by atoms with Crippen molar-refractivity contribution in [1.82, 2.24) is 14.8 Å². The van der Waals surface area contributed by atoms with Crippen LogP contribution in [-0.2, 0) is 12.6 Å². The number of aromatic nitrogens is 3. The van der Waals surface area contributed by atoms with Crippen LogP contribution in [0.1, 0.15) is 43.3 Å². The Labute approximate surface area is 124 Å². The van der Waals surface area contributed by atoms with Crippen LogP contribution in [0.3, 0.4) is 0 Å². The molecule has 2 aromatic heterocycles. The molecule has 2 unspecified atom stereocenters. The highest BCUT2D eigenvalue weighted by Crippen LogP contribution is 2.40. The van der Waals surface area contributed by atoms with E-state index in [-0.39, 0.29) is 5.54 Å². The molecule has 1 aliphatic carbocycles. The highest BCUT2D eigenvalue weighted by molar-refractivity contribution is 7.10. The van der Waals surface area contributed by atoms with Crippen molar-refractivity contribution in [1.29, 1.82) is 0 Å². The van der Waals surface area contributed by atoms with Gasteiger partial charge in [-0.25, -0.2) is 4.98 Å². The summed E-state index contributed by atoms with van der Waals surface area (Å²) in [6.07, 6.45) is 6.63. The first-order valence-corrected chi connectivity index (χ1v) is 8.11. The van der Waals surface area contributed by atoms with Gasteiger partial charge < -0.3 is 5.73 Å². The number of thiazole rings is 1. The average molecular weight is 290 g/mol. The summed E-state index contributed by atoms with van der Waals surface area (Å²) < 4.78 is 1.84. The number of hydrogen-bond donors (Lipinski definition) is 1. The molecule has 2 N–H and O–H groups in total. The van der Waals surface area contributed by atoms with Gasteiger partial charge in [0.1, 0.15) is 5.01 Å². The van der Waals surface area contributed by atoms with Crippen molar-refractivity contribution >= 4 is 11.3 Å². The summed E-state index contributed by atoms with van der Waals surface area (Å²) in [6, 6.07) is 0. The van der Waals surface area contributed by atoms with Crippen LogP contribution < -0.4 is 5.73 Å². The maximum atomic E-state index is 6.63. The zero-order chi connectivity index (χ0) is 14.3. The Morgan fingerprint density at radius 3 is 2.95 bits per heavy atom. The minimum atomic E-state index is -0.225. The molecule has 1 aliphatic rings. The molecule has 20 heavy (non-hydrogen) atoms. The maximum absolute atomic E-state index is 6.63. The summed E-state index contributed by atoms with van der Waals surface area (Å²) >= 11 is 1.70. The molecule has 0 saturated heterocycles. The summed E-state index contributed by atoms with van der Waals surface area (Å²) in [5, 5.41) is 7.59. The van der Waals surface area contributed by atoms with Crippen molar-refractivity contribution < 1.29 is 0 Å². The fourth-order valence-corrected chi connectivity index (χ4v) is 4.24. The van der Waals surface area contributed by atoms with Crippen LogP contribution in [0.15, 0.2) is 11.6 Å². The number of nitrogens with two attached hydrogens (primary N) is 1. The van der Waals surface area contributed by atoms with Gasteiger partial charge in [0, 0.05) is 24.2 Å². The Kier molecular flexibility index (Phi) is 3.42. The van der Waals surface area contributed by atoms with Crippen LogP contribution in [0.5, 0.6) is 0 Å². The Morgan fingerprint density at radius 2 is 2.30 bits per heavy atom. The Morgan fingerprint density at radius 1 is 1.50 bits per heavy atom. The van der Waals surface area contributed by atoms with E-state index in [1.807, 2.05) is 24.9 Å². The fraction of sp³-hybridized carbons (Fsp3) is 0.600. The van der Waals surface area contributed by atoms with E-state index < -0.39 is 0 Å². The molecular weight excluding hydrogens is 268 g/mol. The van der Waals surface area contributed by atoms with Crippen molar-refractivity contribution in [3.05, 3.63) is 22.3 Å². The average Bonchev–Trinajstić information content (AvgIpc) is 2.95. The van der Waals surface area contributed by atoms with E-state index >= 15 is 0 Å². The van der Waals surface area contributed by atoms with Crippen molar-refractivity contribution in [3.63, 3.8) is 0 Å². The molecule has 2 heterocycles. The molecule has 1 saturated carbocycles. The SMILES string of the molecule is Cc1nn(C)cc1-c1csc(C2(N)CCCC(C)C2)n1. The van der Waals surface area contributed by atoms with Crippen LogP contribution in [0.2, 0.25) is 0 Å². The zero-order valence-corrected chi connectivity index (χ0v) is 13.2. The van der Waals surface area contributed by atoms with Gasteiger partial charge in [-0.1, -0.05) is 19.8 Å². The van der Waals surface area contributed by atoms with Crippen LogP contribution in [0.25, 0.3) is 11.3 Å². The molecule has 0 aromatic carbocycles. The van der Waals surface area contributed by atoms with E-state index in [9.17, 15) is 0 Å². The van der Waals surface area contributed by atoms with Gasteiger partial charge in [0.05, 0.1) is 16.9 Å². The number of hydrogen-bond acceptors (Lipinski definition) is 4. The quantitative estimate of drug-likeness (QED) is 0.924. The number of aryl methyl sites for hydroxylation is 2. The standard InChI is InChI=1S/C15H22N4S/c1-10-5-4-6-15(16,7-10)14-17-13(9-20-14)12-8-19(3)18-11(12)2/h8-10H,4-7,16H2,1-3H3. The lowest BCUT2D eigenvalue weighted by Crippen LogP contribution is -2.40. The molecule has 0 aliphatic heterocycles. The topological polar surface area (TPSA) is 56.7 Å². The van der Waals surface area contributed by atoms with Crippen molar-refractivity contribution in [2.75, 3.05) is 0 Å². The van der Waals surface area contributed by atoms with Gasteiger partial charge in [0.15, 0.2) is 0 Å². The summed E-state index contributed by atoms with van der Waals surface area (Å²) in [4.78, 5) is 4.82. The molecule has 108 valence electrons. The molecular formula is C15H22N4S.